The fraction of sp³-hybridized carbons (Fsp3) is 1.00. The molecule has 0 heterocycles. The molecule has 0 radical (unpaired) electrons. The highest BCUT2D eigenvalue weighted by Crippen LogP contribution is 2.43. The number of rotatable bonds is 2. The van der Waals surface area contributed by atoms with E-state index >= 15 is 0 Å². The SMILES string of the molecule is FC(F)(F)C(I)CC(F)(F)C(F)(F)F. The van der Waals surface area contributed by atoms with Gasteiger partial charge in [-0.3, -0.25) is 0 Å². The largest absolute Gasteiger partial charge is 0.453 e. The highest BCUT2D eigenvalue weighted by Gasteiger charge is 2.60. The molecule has 0 aliphatic heterocycles. The Morgan fingerprint density at radius 2 is 1.21 bits per heavy atom. The molecule has 0 aliphatic rings. The smallest absolute Gasteiger partial charge is 0.196 e. The van der Waals surface area contributed by atoms with E-state index in [2.05, 4.69) is 0 Å². The van der Waals surface area contributed by atoms with Crippen LogP contribution in [0.4, 0.5) is 35.1 Å². The van der Waals surface area contributed by atoms with E-state index in [1.165, 1.54) is 0 Å². The van der Waals surface area contributed by atoms with Crippen molar-refractivity contribution >= 4 is 22.6 Å². The molecule has 14 heavy (non-hydrogen) atoms. The van der Waals surface area contributed by atoms with Crippen LogP contribution in [-0.2, 0) is 0 Å². The van der Waals surface area contributed by atoms with Gasteiger partial charge in [-0.25, -0.2) is 0 Å². The van der Waals surface area contributed by atoms with Crippen molar-refractivity contribution in [1.82, 2.24) is 0 Å². The van der Waals surface area contributed by atoms with Gasteiger partial charge in [0, 0.05) is 6.42 Å². The second-order valence-electron chi connectivity index (χ2n) is 2.42. The summed E-state index contributed by atoms with van der Waals surface area (Å²) in [5.41, 5.74) is 0. The minimum absolute atomic E-state index is 0.508. The van der Waals surface area contributed by atoms with Gasteiger partial charge in [0.05, 0.1) is 0 Å². The molecule has 0 aromatic carbocycles. The van der Waals surface area contributed by atoms with Crippen molar-refractivity contribution in [2.24, 2.45) is 0 Å². The zero-order valence-electron chi connectivity index (χ0n) is 6.19. The van der Waals surface area contributed by atoms with Crippen LogP contribution in [0.25, 0.3) is 0 Å². The molecule has 0 spiro atoms. The summed E-state index contributed by atoms with van der Waals surface area (Å²) < 4.78 is 90.8. The maximum atomic E-state index is 12.1. The van der Waals surface area contributed by atoms with Gasteiger partial charge in [0.1, 0.15) is 3.92 Å². The molecular weight excluding hydrogens is 339 g/mol. The molecule has 9 heteroatoms. The third-order valence-electron chi connectivity index (χ3n) is 1.21. The van der Waals surface area contributed by atoms with E-state index in [4.69, 9.17) is 0 Å². The van der Waals surface area contributed by atoms with Crippen molar-refractivity contribution in [2.45, 2.75) is 28.6 Å². The second kappa shape index (κ2) is 3.97. The Hall–Kier alpha value is 0.170. The summed E-state index contributed by atoms with van der Waals surface area (Å²) in [7, 11) is 0. The highest BCUT2D eigenvalue weighted by atomic mass is 127. The first-order chi connectivity index (χ1) is 5.88. The van der Waals surface area contributed by atoms with Crippen LogP contribution in [0.15, 0.2) is 0 Å². The van der Waals surface area contributed by atoms with Crippen LogP contribution in [0.2, 0.25) is 0 Å². The molecule has 0 saturated heterocycles. The minimum Gasteiger partial charge on any atom is -0.196 e. The summed E-state index contributed by atoms with van der Waals surface area (Å²) in [6, 6.07) is 0. The van der Waals surface area contributed by atoms with Crippen LogP contribution in [0.1, 0.15) is 6.42 Å². The lowest BCUT2D eigenvalue weighted by Gasteiger charge is -2.23. The Morgan fingerprint density at radius 1 is 0.857 bits per heavy atom. The summed E-state index contributed by atoms with van der Waals surface area (Å²) in [5, 5.41) is 0. The molecule has 1 unspecified atom stereocenters. The molecule has 0 aliphatic carbocycles. The van der Waals surface area contributed by atoms with Crippen LogP contribution < -0.4 is 0 Å². The molecule has 0 rings (SSSR count). The van der Waals surface area contributed by atoms with Crippen molar-refractivity contribution in [2.75, 3.05) is 0 Å². The van der Waals surface area contributed by atoms with E-state index < -0.39 is 28.6 Å². The van der Waals surface area contributed by atoms with Crippen LogP contribution in [-0.4, -0.2) is 22.2 Å². The molecule has 0 bridgehead atoms. The monoisotopic (exact) mass is 342 g/mol. The van der Waals surface area contributed by atoms with Gasteiger partial charge in [0.2, 0.25) is 0 Å². The summed E-state index contributed by atoms with van der Waals surface area (Å²) in [6.07, 6.45) is -13.3. The standard InChI is InChI=1S/C5H3F8I/c6-3(7,5(11,12)13)1-2(14)4(8,9)10/h2H,1H2. The molecule has 0 amide bonds. The van der Waals surface area contributed by atoms with Crippen molar-refractivity contribution in [3.63, 3.8) is 0 Å². The summed E-state index contributed by atoms with van der Waals surface area (Å²) >= 11 is 0.508. The maximum absolute atomic E-state index is 12.1. The predicted molar refractivity (Wildman–Crippen MR) is 39.5 cm³/mol. The van der Waals surface area contributed by atoms with E-state index in [1.807, 2.05) is 0 Å². The van der Waals surface area contributed by atoms with E-state index in [0.29, 0.717) is 22.6 Å². The van der Waals surface area contributed by atoms with Gasteiger partial charge >= 0.3 is 18.3 Å². The first kappa shape index (κ1) is 14.2. The van der Waals surface area contributed by atoms with Crippen molar-refractivity contribution in [3.05, 3.63) is 0 Å². The molecule has 86 valence electrons. The predicted octanol–water partition coefficient (Wildman–Crippen LogP) is 3.94. The van der Waals surface area contributed by atoms with Crippen LogP contribution in [0, 0.1) is 0 Å². The number of hydrogen-bond acceptors (Lipinski definition) is 0. The lowest BCUT2D eigenvalue weighted by atomic mass is 10.2. The summed E-state index contributed by atoms with van der Waals surface area (Å²) in [6.45, 7) is 0. The molecule has 0 aromatic heterocycles. The average molecular weight is 342 g/mol. The van der Waals surface area contributed by atoms with Crippen LogP contribution in [0.5, 0.6) is 0 Å². The Bertz CT molecular complexity index is 191. The Morgan fingerprint density at radius 3 is 1.43 bits per heavy atom. The van der Waals surface area contributed by atoms with Crippen molar-refractivity contribution < 1.29 is 35.1 Å². The quantitative estimate of drug-likeness (QED) is 0.405. The molecule has 1 atom stereocenters. The van der Waals surface area contributed by atoms with Gasteiger partial charge < -0.3 is 0 Å². The zero-order valence-corrected chi connectivity index (χ0v) is 8.34. The number of hydrogen-bond donors (Lipinski definition) is 0. The lowest BCUT2D eigenvalue weighted by Crippen LogP contribution is -2.41. The summed E-state index contributed by atoms with van der Waals surface area (Å²) in [4.78, 5) is 0. The van der Waals surface area contributed by atoms with E-state index in [0.717, 1.165) is 0 Å². The lowest BCUT2D eigenvalue weighted by molar-refractivity contribution is -0.288. The van der Waals surface area contributed by atoms with E-state index in [-0.39, 0.29) is 0 Å². The molecule has 0 saturated carbocycles. The zero-order chi connectivity index (χ0) is 11.8. The van der Waals surface area contributed by atoms with Crippen LogP contribution in [0.3, 0.4) is 0 Å². The van der Waals surface area contributed by atoms with Gasteiger partial charge in [-0.15, -0.1) is 0 Å². The molecule has 0 aromatic rings. The molecular formula is C5H3F8I. The van der Waals surface area contributed by atoms with Gasteiger partial charge in [0.25, 0.3) is 0 Å². The normalized spacial score (nSPS) is 16.9. The first-order valence-electron chi connectivity index (χ1n) is 3.03. The van der Waals surface area contributed by atoms with E-state index in [1.54, 1.807) is 0 Å². The van der Waals surface area contributed by atoms with Crippen molar-refractivity contribution in [3.8, 4) is 0 Å². The van der Waals surface area contributed by atoms with Gasteiger partial charge in [-0.05, 0) is 0 Å². The fourth-order valence-electron chi connectivity index (χ4n) is 0.457. The topological polar surface area (TPSA) is 0 Å². The number of halogens is 9. The molecule has 0 nitrogen and oxygen atoms in total. The molecule has 0 N–H and O–H groups in total. The van der Waals surface area contributed by atoms with Gasteiger partial charge in [0.15, 0.2) is 0 Å². The van der Waals surface area contributed by atoms with Crippen molar-refractivity contribution in [1.29, 1.82) is 0 Å². The maximum Gasteiger partial charge on any atom is 0.453 e. The second-order valence-corrected chi connectivity index (χ2v) is 3.92. The highest BCUT2D eigenvalue weighted by molar-refractivity contribution is 14.1. The summed E-state index contributed by atoms with van der Waals surface area (Å²) in [5.74, 6) is -5.31. The molecule has 0 fully saturated rings. The first-order valence-corrected chi connectivity index (χ1v) is 4.28. The van der Waals surface area contributed by atoms with Gasteiger partial charge in [-0.1, -0.05) is 22.6 Å². The fourth-order valence-corrected chi connectivity index (χ4v) is 1.01. The third kappa shape index (κ3) is 3.73. The Kier molecular flexibility index (Phi) is 4.02. The number of alkyl halides is 9. The Balaban J connectivity index is 4.53. The van der Waals surface area contributed by atoms with E-state index in [9.17, 15) is 35.1 Å². The third-order valence-corrected chi connectivity index (χ3v) is 2.35. The van der Waals surface area contributed by atoms with Gasteiger partial charge in [-0.2, -0.15) is 35.1 Å². The minimum atomic E-state index is -5.94. The Labute approximate surface area is 86.8 Å². The van der Waals surface area contributed by atoms with Crippen LogP contribution >= 0.6 is 22.6 Å². The average Bonchev–Trinajstić information content (AvgIpc) is 1.80.